The van der Waals surface area contributed by atoms with Crippen LogP contribution in [0.15, 0.2) is 60.7 Å². The Morgan fingerprint density at radius 2 is 1.53 bits per heavy atom. The zero-order valence-corrected chi connectivity index (χ0v) is 18.2. The molecule has 4 nitrogen and oxygen atoms in total. The molecule has 3 aliphatic rings. The Kier molecular flexibility index (Phi) is 4.86. The van der Waals surface area contributed by atoms with Crippen molar-refractivity contribution in [2.75, 3.05) is 10.6 Å². The van der Waals surface area contributed by atoms with Crippen molar-refractivity contribution in [3.05, 3.63) is 82.9 Å². The zero-order valence-electron chi connectivity index (χ0n) is 18.2. The van der Waals surface area contributed by atoms with Crippen molar-refractivity contribution < 1.29 is 9.53 Å². The third-order valence-corrected chi connectivity index (χ3v) is 7.32. The number of hydrogen-bond acceptors (Lipinski definition) is 3. The third-order valence-electron chi connectivity index (χ3n) is 7.32. The second kappa shape index (κ2) is 8.01. The molecule has 0 saturated heterocycles. The van der Waals surface area contributed by atoms with Gasteiger partial charge in [0, 0.05) is 6.07 Å². The van der Waals surface area contributed by atoms with E-state index in [2.05, 4.69) is 34.9 Å². The number of amides is 1. The van der Waals surface area contributed by atoms with Gasteiger partial charge in [0.25, 0.3) is 5.91 Å². The van der Waals surface area contributed by atoms with Crippen molar-refractivity contribution in [1.82, 2.24) is 0 Å². The maximum absolute atomic E-state index is 13.2. The summed E-state index contributed by atoms with van der Waals surface area (Å²) in [4.78, 5) is 13.2. The number of hydrogen-bond donors (Lipinski definition) is 2. The average Bonchev–Trinajstić information content (AvgIpc) is 2.87. The van der Waals surface area contributed by atoms with Crippen LogP contribution >= 0.6 is 0 Å². The smallest absolute Gasteiger partial charge is 0.257 e. The highest BCUT2D eigenvalue weighted by atomic mass is 16.5. The van der Waals surface area contributed by atoms with Crippen LogP contribution in [0.2, 0.25) is 0 Å². The van der Waals surface area contributed by atoms with Crippen LogP contribution < -0.4 is 15.4 Å². The summed E-state index contributed by atoms with van der Waals surface area (Å²) in [6.45, 7) is 0.511. The minimum Gasteiger partial charge on any atom is -0.489 e. The van der Waals surface area contributed by atoms with Crippen molar-refractivity contribution in [2.24, 2.45) is 0 Å². The van der Waals surface area contributed by atoms with Gasteiger partial charge in [0.05, 0.1) is 22.6 Å². The molecule has 1 amide bonds. The topological polar surface area (TPSA) is 50.4 Å². The first-order valence-electron chi connectivity index (χ1n) is 11.8. The van der Waals surface area contributed by atoms with E-state index in [-0.39, 0.29) is 5.91 Å². The van der Waals surface area contributed by atoms with E-state index in [9.17, 15) is 4.79 Å². The van der Waals surface area contributed by atoms with Gasteiger partial charge in [-0.25, -0.2) is 0 Å². The molecule has 2 aliphatic carbocycles. The zero-order chi connectivity index (χ0) is 21.5. The van der Waals surface area contributed by atoms with E-state index in [0.717, 1.165) is 33.9 Å². The maximum atomic E-state index is 13.2. The highest BCUT2D eigenvalue weighted by molar-refractivity contribution is 6.13. The van der Waals surface area contributed by atoms with Crippen LogP contribution in [0.3, 0.4) is 0 Å². The van der Waals surface area contributed by atoms with Gasteiger partial charge in [-0.3, -0.25) is 4.79 Å². The quantitative estimate of drug-likeness (QED) is 0.459. The lowest BCUT2D eigenvalue weighted by Crippen LogP contribution is -2.14. The SMILES string of the molecule is O=C1Nc2cc(OCc3ccccc3)cc(C3CCC3)c2Nc2c1cccc2C1CCC1. The second-order valence-corrected chi connectivity index (χ2v) is 9.31. The Morgan fingerprint density at radius 1 is 0.781 bits per heavy atom. The first kappa shape index (κ1) is 19.4. The average molecular weight is 425 g/mol. The molecule has 4 heteroatoms. The molecule has 6 rings (SSSR count). The first-order chi connectivity index (χ1) is 15.8. The number of benzene rings is 3. The van der Waals surface area contributed by atoms with Crippen LogP contribution in [-0.4, -0.2) is 5.91 Å². The summed E-state index contributed by atoms with van der Waals surface area (Å²) in [6.07, 6.45) is 7.29. The van der Waals surface area contributed by atoms with E-state index in [0.29, 0.717) is 18.4 Å². The van der Waals surface area contributed by atoms with E-state index in [4.69, 9.17) is 4.74 Å². The Balaban J connectivity index is 1.40. The molecule has 3 aromatic rings. The minimum absolute atomic E-state index is 0.0489. The molecule has 0 atom stereocenters. The van der Waals surface area contributed by atoms with E-state index in [1.165, 1.54) is 49.7 Å². The van der Waals surface area contributed by atoms with Crippen LogP contribution in [0.1, 0.15) is 77.4 Å². The van der Waals surface area contributed by atoms with Gasteiger partial charge in [-0.05, 0) is 66.3 Å². The number of rotatable bonds is 5. The standard InChI is InChI=1S/C28H28N2O2/c31-28-23-14-6-13-22(19-9-4-10-19)26(23)30-27-24(20-11-5-12-20)15-21(16-25(27)29-28)32-17-18-7-2-1-3-8-18/h1-3,6-8,13-16,19-20,30H,4-5,9-12,17H2,(H,29,31). The number of para-hydroxylation sites is 1. The van der Waals surface area contributed by atoms with Crippen LogP contribution in [0.4, 0.5) is 17.1 Å². The van der Waals surface area contributed by atoms with E-state index < -0.39 is 0 Å². The molecular formula is C28H28N2O2. The van der Waals surface area contributed by atoms with Crippen molar-refractivity contribution in [3.8, 4) is 5.75 Å². The van der Waals surface area contributed by atoms with Crippen LogP contribution in [0.5, 0.6) is 5.75 Å². The number of nitrogens with one attached hydrogen (secondary N) is 2. The van der Waals surface area contributed by atoms with Crippen molar-refractivity contribution in [1.29, 1.82) is 0 Å². The molecule has 1 aliphatic heterocycles. The maximum Gasteiger partial charge on any atom is 0.257 e. The summed E-state index contributed by atoms with van der Waals surface area (Å²) in [7, 11) is 0. The molecule has 0 bridgehead atoms. The summed E-state index contributed by atoms with van der Waals surface area (Å²) < 4.78 is 6.18. The molecule has 0 aromatic heterocycles. The molecule has 2 saturated carbocycles. The first-order valence-corrected chi connectivity index (χ1v) is 11.8. The third kappa shape index (κ3) is 3.44. The van der Waals surface area contributed by atoms with E-state index >= 15 is 0 Å². The Hall–Kier alpha value is -3.27. The number of carbonyl (C=O) groups is 1. The number of carbonyl (C=O) groups excluding carboxylic acids is 1. The molecule has 2 N–H and O–H groups in total. The van der Waals surface area contributed by atoms with Crippen molar-refractivity contribution in [3.63, 3.8) is 0 Å². The van der Waals surface area contributed by atoms with Gasteiger partial charge in [-0.15, -0.1) is 0 Å². The number of ether oxygens (including phenoxy) is 1. The lowest BCUT2D eigenvalue weighted by Gasteiger charge is -2.31. The van der Waals surface area contributed by atoms with Gasteiger partial charge >= 0.3 is 0 Å². The predicted octanol–water partition coefficient (Wildman–Crippen LogP) is 7.11. The normalized spacial score (nSPS) is 17.7. The fourth-order valence-electron chi connectivity index (χ4n) is 5.01. The van der Waals surface area contributed by atoms with Gasteiger partial charge in [-0.1, -0.05) is 55.3 Å². The van der Waals surface area contributed by atoms with Gasteiger partial charge in [0.15, 0.2) is 0 Å². The van der Waals surface area contributed by atoms with Crippen LogP contribution in [0, 0.1) is 0 Å². The summed E-state index contributed by atoms with van der Waals surface area (Å²) in [5.41, 5.74) is 7.25. The van der Waals surface area contributed by atoms with Gasteiger partial charge in [-0.2, -0.15) is 0 Å². The molecule has 1 heterocycles. The minimum atomic E-state index is -0.0489. The summed E-state index contributed by atoms with van der Waals surface area (Å²) in [5.74, 6) is 1.81. The van der Waals surface area contributed by atoms with Crippen LogP contribution in [0.25, 0.3) is 0 Å². The lowest BCUT2D eigenvalue weighted by atomic mass is 9.78. The largest absolute Gasteiger partial charge is 0.489 e. The lowest BCUT2D eigenvalue weighted by molar-refractivity contribution is 0.102. The Labute approximate surface area is 189 Å². The van der Waals surface area contributed by atoms with Gasteiger partial charge < -0.3 is 15.4 Å². The number of anilines is 3. The second-order valence-electron chi connectivity index (χ2n) is 9.31. The highest BCUT2D eigenvalue weighted by Gasteiger charge is 2.31. The molecule has 0 spiro atoms. The highest BCUT2D eigenvalue weighted by Crippen LogP contribution is 2.49. The fraction of sp³-hybridized carbons (Fsp3) is 0.321. The number of fused-ring (bicyclic) bond motifs is 2. The summed E-state index contributed by atoms with van der Waals surface area (Å²) in [6, 6.07) is 20.5. The van der Waals surface area contributed by atoms with Gasteiger partial charge in [0.2, 0.25) is 0 Å². The predicted molar refractivity (Wildman–Crippen MR) is 128 cm³/mol. The molecule has 0 radical (unpaired) electrons. The molecule has 2 fully saturated rings. The molecule has 0 unspecified atom stereocenters. The molecular weight excluding hydrogens is 396 g/mol. The summed E-state index contributed by atoms with van der Waals surface area (Å²) >= 11 is 0. The Morgan fingerprint density at radius 3 is 2.25 bits per heavy atom. The van der Waals surface area contributed by atoms with Gasteiger partial charge in [0.1, 0.15) is 12.4 Å². The van der Waals surface area contributed by atoms with Crippen LogP contribution in [-0.2, 0) is 6.61 Å². The van der Waals surface area contributed by atoms with Crippen molar-refractivity contribution in [2.45, 2.75) is 57.0 Å². The Bertz CT molecular complexity index is 1160. The summed E-state index contributed by atoms with van der Waals surface area (Å²) in [5, 5.41) is 6.91. The molecule has 3 aromatic carbocycles. The fourth-order valence-corrected chi connectivity index (χ4v) is 5.01. The molecule has 32 heavy (non-hydrogen) atoms. The van der Waals surface area contributed by atoms with E-state index in [1.807, 2.05) is 36.4 Å². The molecule has 162 valence electrons. The van der Waals surface area contributed by atoms with Crippen molar-refractivity contribution >= 4 is 23.0 Å². The monoisotopic (exact) mass is 424 g/mol. The van der Waals surface area contributed by atoms with E-state index in [1.54, 1.807) is 0 Å².